The Morgan fingerprint density at radius 1 is 1.25 bits per heavy atom. The third kappa shape index (κ3) is 7.19. The largest absolute Gasteiger partial charge is 0.313 e. The number of unbranched alkanes of at least 4 members (excludes halogenated alkanes) is 2. The van der Waals surface area contributed by atoms with Crippen LogP contribution in [-0.2, 0) is 10.0 Å². The summed E-state index contributed by atoms with van der Waals surface area (Å²) in [5.41, 5.74) is 0. The molecule has 0 heterocycles. The van der Waals surface area contributed by atoms with E-state index in [-0.39, 0.29) is 5.75 Å². The average Bonchev–Trinajstić information content (AvgIpc) is 2.17. The highest BCUT2D eigenvalue weighted by Gasteiger charge is 2.16. The maximum absolute atomic E-state index is 11.8. The zero-order chi connectivity index (χ0) is 12.6. The van der Waals surface area contributed by atoms with E-state index in [1.54, 1.807) is 7.05 Å². The summed E-state index contributed by atoms with van der Waals surface area (Å²) < 4.78 is 25.1. The van der Waals surface area contributed by atoms with Crippen LogP contribution in [0.3, 0.4) is 0 Å². The summed E-state index contributed by atoms with van der Waals surface area (Å²) >= 11 is 0. The zero-order valence-corrected chi connectivity index (χ0v) is 11.8. The lowest BCUT2D eigenvalue weighted by Crippen LogP contribution is -2.36. The molecule has 0 aliphatic heterocycles. The van der Waals surface area contributed by atoms with Crippen molar-refractivity contribution in [3.8, 4) is 0 Å². The Morgan fingerprint density at radius 3 is 2.38 bits per heavy atom. The zero-order valence-electron chi connectivity index (χ0n) is 11.0. The first-order valence-corrected chi connectivity index (χ1v) is 7.68. The standard InChI is InChI=1S/C11H26N2O2S/c1-5-6-7-9-13(4)16(14,15)10-8-12-11(2)3/h11-12H,5-10H2,1-4H3. The molecule has 16 heavy (non-hydrogen) atoms. The number of nitrogens with zero attached hydrogens (tertiary/aromatic N) is 1. The van der Waals surface area contributed by atoms with Crippen LogP contribution >= 0.6 is 0 Å². The molecule has 0 fully saturated rings. The van der Waals surface area contributed by atoms with Gasteiger partial charge in [0.15, 0.2) is 0 Å². The van der Waals surface area contributed by atoms with Gasteiger partial charge in [0, 0.05) is 26.2 Å². The fraction of sp³-hybridized carbons (Fsp3) is 1.00. The van der Waals surface area contributed by atoms with Crippen LogP contribution in [0.4, 0.5) is 0 Å². The number of hydrogen-bond donors (Lipinski definition) is 1. The molecule has 0 saturated heterocycles. The maximum Gasteiger partial charge on any atom is 0.215 e. The molecule has 0 radical (unpaired) electrons. The lowest BCUT2D eigenvalue weighted by Gasteiger charge is -2.17. The first kappa shape index (κ1) is 15.9. The van der Waals surface area contributed by atoms with E-state index in [9.17, 15) is 8.42 Å². The van der Waals surface area contributed by atoms with Crippen LogP contribution in [0.1, 0.15) is 40.0 Å². The number of rotatable bonds is 9. The second-order valence-corrected chi connectivity index (χ2v) is 6.65. The lowest BCUT2D eigenvalue weighted by atomic mass is 10.2. The number of nitrogens with one attached hydrogen (secondary N) is 1. The van der Waals surface area contributed by atoms with Crippen molar-refractivity contribution in [3.63, 3.8) is 0 Å². The summed E-state index contributed by atoms with van der Waals surface area (Å²) in [6.07, 6.45) is 3.15. The van der Waals surface area contributed by atoms with Gasteiger partial charge in [-0.05, 0) is 6.42 Å². The number of sulfonamides is 1. The monoisotopic (exact) mass is 250 g/mol. The molecule has 0 unspecified atom stereocenters. The van der Waals surface area contributed by atoms with Crippen LogP contribution in [0, 0.1) is 0 Å². The fourth-order valence-corrected chi connectivity index (χ4v) is 2.45. The minimum atomic E-state index is -3.07. The quantitative estimate of drug-likeness (QED) is 0.630. The Labute approximate surface area is 100 Å². The Morgan fingerprint density at radius 2 is 1.88 bits per heavy atom. The second kappa shape index (κ2) is 8.03. The van der Waals surface area contributed by atoms with Gasteiger partial charge in [0.1, 0.15) is 0 Å². The molecular weight excluding hydrogens is 224 g/mol. The maximum atomic E-state index is 11.8. The molecule has 0 atom stereocenters. The SMILES string of the molecule is CCCCCN(C)S(=O)(=O)CCNC(C)C. The van der Waals surface area contributed by atoms with Gasteiger partial charge in [0.05, 0.1) is 5.75 Å². The molecule has 0 rings (SSSR count). The van der Waals surface area contributed by atoms with Gasteiger partial charge in [-0.25, -0.2) is 12.7 Å². The lowest BCUT2D eigenvalue weighted by molar-refractivity contribution is 0.452. The Kier molecular flexibility index (Phi) is 7.97. The van der Waals surface area contributed by atoms with Gasteiger partial charge in [-0.2, -0.15) is 0 Å². The van der Waals surface area contributed by atoms with Crippen LogP contribution in [0.15, 0.2) is 0 Å². The van der Waals surface area contributed by atoms with Crippen molar-refractivity contribution in [2.24, 2.45) is 0 Å². The minimum Gasteiger partial charge on any atom is -0.313 e. The Hall–Kier alpha value is -0.130. The van der Waals surface area contributed by atoms with Gasteiger partial charge in [-0.3, -0.25) is 0 Å². The molecule has 1 N–H and O–H groups in total. The van der Waals surface area contributed by atoms with Crippen molar-refractivity contribution in [2.45, 2.75) is 46.1 Å². The topological polar surface area (TPSA) is 49.4 Å². The molecule has 0 aliphatic rings. The molecular formula is C11H26N2O2S. The van der Waals surface area contributed by atoms with Crippen LogP contribution < -0.4 is 5.32 Å². The van der Waals surface area contributed by atoms with Crippen molar-refractivity contribution in [1.29, 1.82) is 0 Å². The van der Waals surface area contributed by atoms with Crippen molar-refractivity contribution in [2.75, 3.05) is 25.9 Å². The van der Waals surface area contributed by atoms with Gasteiger partial charge >= 0.3 is 0 Å². The van der Waals surface area contributed by atoms with Crippen molar-refractivity contribution in [3.05, 3.63) is 0 Å². The van der Waals surface area contributed by atoms with Gasteiger partial charge in [0.25, 0.3) is 0 Å². The van der Waals surface area contributed by atoms with E-state index in [0.717, 1.165) is 19.3 Å². The van der Waals surface area contributed by atoms with Crippen LogP contribution in [0.5, 0.6) is 0 Å². The highest BCUT2D eigenvalue weighted by molar-refractivity contribution is 7.89. The third-order valence-electron chi connectivity index (χ3n) is 2.46. The number of hydrogen-bond acceptors (Lipinski definition) is 3. The van der Waals surface area contributed by atoms with Crippen molar-refractivity contribution in [1.82, 2.24) is 9.62 Å². The predicted octanol–water partition coefficient (Wildman–Crippen LogP) is 1.44. The van der Waals surface area contributed by atoms with Gasteiger partial charge in [0.2, 0.25) is 10.0 Å². The van der Waals surface area contributed by atoms with Crippen LogP contribution in [0.25, 0.3) is 0 Å². The van der Waals surface area contributed by atoms with E-state index < -0.39 is 10.0 Å². The Bertz CT molecular complexity index is 263. The first-order valence-electron chi connectivity index (χ1n) is 6.07. The first-order chi connectivity index (χ1) is 7.40. The highest BCUT2D eigenvalue weighted by Crippen LogP contribution is 2.02. The average molecular weight is 250 g/mol. The minimum absolute atomic E-state index is 0.188. The van der Waals surface area contributed by atoms with E-state index in [2.05, 4.69) is 12.2 Å². The van der Waals surface area contributed by atoms with Gasteiger partial charge < -0.3 is 5.32 Å². The normalized spacial score (nSPS) is 12.6. The molecule has 0 aromatic rings. The molecule has 4 nitrogen and oxygen atoms in total. The van der Waals surface area contributed by atoms with Crippen molar-refractivity contribution < 1.29 is 8.42 Å². The highest BCUT2D eigenvalue weighted by atomic mass is 32.2. The summed E-state index contributed by atoms with van der Waals surface area (Å²) in [4.78, 5) is 0. The summed E-state index contributed by atoms with van der Waals surface area (Å²) in [5.74, 6) is 0.188. The van der Waals surface area contributed by atoms with Gasteiger partial charge in [-0.15, -0.1) is 0 Å². The third-order valence-corrected chi connectivity index (χ3v) is 4.32. The Balaban J connectivity index is 3.91. The summed E-state index contributed by atoms with van der Waals surface area (Å²) in [6.45, 7) is 7.30. The predicted molar refractivity (Wildman–Crippen MR) is 69.1 cm³/mol. The molecule has 0 saturated carbocycles. The molecule has 0 spiro atoms. The van der Waals surface area contributed by atoms with Crippen molar-refractivity contribution >= 4 is 10.0 Å². The second-order valence-electron chi connectivity index (χ2n) is 4.45. The van der Waals surface area contributed by atoms with Gasteiger partial charge in [-0.1, -0.05) is 33.6 Å². The van der Waals surface area contributed by atoms with E-state index in [4.69, 9.17) is 0 Å². The van der Waals surface area contributed by atoms with E-state index in [1.807, 2.05) is 13.8 Å². The molecule has 5 heteroatoms. The van der Waals surface area contributed by atoms with Crippen LogP contribution in [0.2, 0.25) is 0 Å². The van der Waals surface area contributed by atoms with E-state index in [1.165, 1.54) is 4.31 Å². The van der Waals surface area contributed by atoms with Crippen LogP contribution in [-0.4, -0.2) is 44.7 Å². The summed E-state index contributed by atoms with van der Waals surface area (Å²) in [7, 11) is -1.40. The molecule has 0 aromatic carbocycles. The molecule has 0 bridgehead atoms. The van der Waals surface area contributed by atoms with E-state index in [0.29, 0.717) is 19.1 Å². The summed E-state index contributed by atoms with van der Waals surface area (Å²) in [6, 6.07) is 0.334. The summed E-state index contributed by atoms with van der Waals surface area (Å²) in [5, 5.41) is 3.12. The smallest absolute Gasteiger partial charge is 0.215 e. The molecule has 98 valence electrons. The molecule has 0 aromatic heterocycles. The molecule has 0 aliphatic carbocycles. The molecule has 0 amide bonds. The van der Waals surface area contributed by atoms with E-state index >= 15 is 0 Å². The fourth-order valence-electron chi connectivity index (χ4n) is 1.36.